The highest BCUT2D eigenvalue weighted by atomic mass is 19.1. The molecule has 2 aliphatic heterocycles. The summed E-state index contributed by atoms with van der Waals surface area (Å²) in [7, 11) is 0. The number of aliphatic hydroxyl groups is 2. The monoisotopic (exact) mass is 1010 g/mol. The fourth-order valence-electron chi connectivity index (χ4n) is 11.2. The molecule has 390 valence electrons. The molecule has 0 aromatic heterocycles. The first-order valence-electron chi connectivity index (χ1n) is 26.4. The number of carbonyl (C=O) groups is 1. The van der Waals surface area contributed by atoms with Gasteiger partial charge in [0.25, 0.3) is 0 Å². The smallest absolute Gasteiger partial charge is 0.410 e. The van der Waals surface area contributed by atoms with Crippen LogP contribution in [0, 0.1) is 23.6 Å². The molecular formula is C61H69FN2O10. The Morgan fingerprint density at radius 3 is 2.28 bits per heavy atom. The third-order valence-electron chi connectivity index (χ3n) is 14.7. The number of benzene rings is 5. The van der Waals surface area contributed by atoms with Crippen molar-refractivity contribution in [2.24, 2.45) is 22.9 Å². The Balaban J connectivity index is 1.17. The van der Waals surface area contributed by atoms with Gasteiger partial charge in [-0.3, -0.25) is 4.90 Å². The minimum atomic E-state index is -1.57. The van der Waals surface area contributed by atoms with E-state index in [1.54, 1.807) is 23.1 Å². The molecule has 0 radical (unpaired) electrons. The zero-order valence-corrected chi connectivity index (χ0v) is 42.1. The van der Waals surface area contributed by atoms with Gasteiger partial charge in [0.15, 0.2) is 0 Å². The summed E-state index contributed by atoms with van der Waals surface area (Å²) in [4.78, 5) is 23.0. The molecule has 7 unspecified atom stereocenters. The number of amides is 1. The van der Waals surface area contributed by atoms with Crippen LogP contribution in [0.15, 0.2) is 157 Å². The molecule has 7 atom stereocenters. The Hall–Kier alpha value is -6.35. The van der Waals surface area contributed by atoms with E-state index in [-0.39, 0.29) is 63.8 Å². The maximum Gasteiger partial charge on any atom is 0.410 e. The Morgan fingerprint density at radius 1 is 0.824 bits per heavy atom. The molecule has 1 amide bonds. The molecule has 0 bridgehead atoms. The van der Waals surface area contributed by atoms with E-state index in [9.17, 15) is 14.6 Å². The highest BCUT2D eigenvalue weighted by molar-refractivity contribution is 6.03. The van der Waals surface area contributed by atoms with E-state index in [0.29, 0.717) is 61.0 Å². The summed E-state index contributed by atoms with van der Waals surface area (Å²) in [5, 5.41) is 25.2. The Labute approximate surface area is 434 Å². The number of hydrogen-bond acceptors (Lipinski definition) is 11. The van der Waals surface area contributed by atoms with Crippen molar-refractivity contribution < 1.29 is 52.7 Å². The van der Waals surface area contributed by atoms with Crippen molar-refractivity contribution in [2.45, 2.75) is 101 Å². The van der Waals surface area contributed by atoms with E-state index < -0.39 is 35.9 Å². The van der Waals surface area contributed by atoms with Crippen molar-refractivity contribution >= 4 is 11.8 Å². The van der Waals surface area contributed by atoms with Crippen molar-refractivity contribution in [1.29, 1.82) is 0 Å². The van der Waals surface area contributed by atoms with Crippen LogP contribution in [0.4, 0.5) is 9.18 Å². The zero-order chi connectivity index (χ0) is 51.1. The maximum atomic E-state index is 15.1. The van der Waals surface area contributed by atoms with Crippen molar-refractivity contribution in [3.8, 4) is 28.4 Å². The Bertz CT molecular complexity index is 2640. The number of oxime groups is 1. The van der Waals surface area contributed by atoms with Gasteiger partial charge in [-0.2, -0.15) is 0 Å². The molecule has 4 aliphatic rings. The molecule has 2 heterocycles. The van der Waals surface area contributed by atoms with Crippen molar-refractivity contribution in [1.82, 2.24) is 4.90 Å². The van der Waals surface area contributed by atoms with Gasteiger partial charge < -0.3 is 43.5 Å². The molecule has 12 nitrogen and oxygen atoms in total. The summed E-state index contributed by atoms with van der Waals surface area (Å²) in [6, 6.07) is 39.1. The first-order chi connectivity index (χ1) is 36.4. The van der Waals surface area contributed by atoms with Gasteiger partial charge in [-0.05, 0) is 121 Å². The molecule has 0 spiro atoms. The Kier molecular flexibility index (Phi) is 18.3. The van der Waals surface area contributed by atoms with Crippen LogP contribution < -0.4 is 9.47 Å². The summed E-state index contributed by atoms with van der Waals surface area (Å²) in [6.45, 7) is 5.32. The first-order valence-corrected chi connectivity index (χ1v) is 26.4. The summed E-state index contributed by atoms with van der Waals surface area (Å²) in [5.74, 6) is -1.01. The number of halogens is 1. The quantitative estimate of drug-likeness (QED) is 0.0349. The average molecular weight is 1010 g/mol. The Morgan fingerprint density at radius 2 is 1.55 bits per heavy atom. The third kappa shape index (κ3) is 12.6. The van der Waals surface area contributed by atoms with Gasteiger partial charge in [0.2, 0.25) is 12.1 Å². The van der Waals surface area contributed by atoms with E-state index in [2.05, 4.69) is 30.9 Å². The van der Waals surface area contributed by atoms with Crippen LogP contribution in [0.3, 0.4) is 0 Å². The first kappa shape index (κ1) is 52.5. The number of rotatable bonds is 24. The average Bonchev–Trinajstić information content (AvgIpc) is 3.44. The van der Waals surface area contributed by atoms with Crippen LogP contribution in [0.25, 0.3) is 11.1 Å². The molecule has 2 N–H and O–H groups in total. The fourth-order valence-corrected chi connectivity index (χ4v) is 11.2. The van der Waals surface area contributed by atoms with E-state index in [4.69, 9.17) is 38.4 Å². The third-order valence-corrected chi connectivity index (χ3v) is 14.7. The van der Waals surface area contributed by atoms with Gasteiger partial charge in [0, 0.05) is 44.1 Å². The molecule has 2 aliphatic carbocycles. The molecule has 1 saturated carbocycles. The van der Waals surface area contributed by atoms with Crippen LogP contribution in [-0.2, 0) is 36.9 Å². The number of fused-ring (bicyclic) bond motifs is 2. The minimum absolute atomic E-state index is 0.0125. The molecule has 74 heavy (non-hydrogen) atoms. The lowest BCUT2D eigenvalue weighted by Gasteiger charge is -2.59. The topological polar surface area (TPSA) is 138 Å². The van der Waals surface area contributed by atoms with E-state index >= 15 is 4.79 Å². The van der Waals surface area contributed by atoms with Crippen LogP contribution in [0.1, 0.15) is 86.8 Å². The van der Waals surface area contributed by atoms with E-state index in [1.165, 1.54) is 12.1 Å². The predicted molar refractivity (Wildman–Crippen MR) is 281 cm³/mol. The van der Waals surface area contributed by atoms with Crippen LogP contribution in [0.5, 0.6) is 17.2 Å². The maximum absolute atomic E-state index is 15.1. The molecule has 1 saturated heterocycles. The van der Waals surface area contributed by atoms with Crippen LogP contribution in [0.2, 0.25) is 0 Å². The molecule has 9 rings (SSSR count). The highest BCUT2D eigenvalue weighted by Crippen LogP contribution is 2.62. The van der Waals surface area contributed by atoms with Gasteiger partial charge in [-0.25, -0.2) is 9.18 Å². The second kappa shape index (κ2) is 25.7. The second-order valence-corrected chi connectivity index (χ2v) is 19.6. The summed E-state index contributed by atoms with van der Waals surface area (Å²) in [6.07, 6.45) is 9.84. The largest absolute Gasteiger partial charge is 0.459 e. The molecule has 13 heteroatoms. The summed E-state index contributed by atoms with van der Waals surface area (Å²) < 4.78 is 54.0. The zero-order valence-electron chi connectivity index (χ0n) is 42.1. The normalized spacial score (nSPS) is 23.4. The van der Waals surface area contributed by atoms with Gasteiger partial charge in [-0.1, -0.05) is 115 Å². The van der Waals surface area contributed by atoms with E-state index in [0.717, 1.165) is 66.4 Å². The van der Waals surface area contributed by atoms with Crippen molar-refractivity contribution in [3.05, 3.63) is 174 Å². The lowest BCUT2D eigenvalue weighted by atomic mass is 9.55. The standard InChI is InChI=1S/C61H69FN2O10/c1-2-34-71-61-56(64(41-43-22-26-48(62)27-23-43)60(67)70-37-36-68-42-44-15-5-3-6-16-44)40-54(63-74-57-21-11-14-35-69-57)52-38-47(19-9-12-32-65)51(20-10-13-33-66)58(59(52)61)53-39-50(30-31-55(53)73-61)72-49-28-24-46(25-29-49)45-17-7-4-8-18-45/h2-8,15-18,22-31,38-39,47,51,56-59,65-66H,1,9-14,19-21,32-37,40-42H2. The number of nitrogens with zero attached hydrogens (tertiary/aromatic N) is 2. The molecular weight excluding hydrogens is 940 g/mol. The van der Waals surface area contributed by atoms with E-state index in [1.807, 2.05) is 84.9 Å². The number of carbonyl (C=O) groups excluding carboxylic acids is 1. The molecule has 5 aromatic rings. The number of hydrogen-bond donors (Lipinski definition) is 2. The predicted octanol–water partition coefficient (Wildman–Crippen LogP) is 12.3. The van der Waals surface area contributed by atoms with Crippen LogP contribution in [-0.4, -0.2) is 84.7 Å². The molecule has 2 fully saturated rings. The number of unbranched alkanes of at least 4 members (excludes halogenated alkanes) is 2. The molecule has 5 aromatic carbocycles. The van der Waals surface area contributed by atoms with Gasteiger partial charge in [0.05, 0.1) is 38.1 Å². The van der Waals surface area contributed by atoms with Gasteiger partial charge in [-0.15, -0.1) is 6.58 Å². The van der Waals surface area contributed by atoms with Gasteiger partial charge >= 0.3 is 6.09 Å². The number of allylic oxidation sites excluding steroid dienone is 1. The minimum Gasteiger partial charge on any atom is -0.459 e. The lowest BCUT2D eigenvalue weighted by molar-refractivity contribution is -0.256. The number of aliphatic hydroxyl groups excluding tert-OH is 2. The second-order valence-electron chi connectivity index (χ2n) is 19.6. The number of ether oxygens (including phenoxy) is 6. The van der Waals surface area contributed by atoms with Crippen molar-refractivity contribution in [3.63, 3.8) is 0 Å². The van der Waals surface area contributed by atoms with Gasteiger partial charge in [0.1, 0.15) is 35.7 Å². The SMILES string of the molecule is C=CCOC12Oc3ccc(Oc4ccc(-c5ccccc5)cc4)cc3C3C(CCCCO)C(CCCCO)C=C(C(=NOC4CCCCO4)CC1N(Cc1ccc(F)cc1)C(=O)OCCOCc1ccccc1)C32. The highest BCUT2D eigenvalue weighted by Gasteiger charge is 2.66. The fraction of sp³-hybridized carbons (Fsp3) is 0.410. The van der Waals surface area contributed by atoms with Crippen molar-refractivity contribution in [2.75, 3.05) is 39.6 Å². The van der Waals surface area contributed by atoms with Crippen LogP contribution >= 0.6 is 0 Å². The summed E-state index contributed by atoms with van der Waals surface area (Å²) >= 11 is 0. The lowest BCUT2D eigenvalue weighted by Crippen LogP contribution is -2.70. The summed E-state index contributed by atoms with van der Waals surface area (Å²) in [5.41, 5.74) is 6.26.